The molecule has 5 nitrogen and oxygen atoms in total. The predicted octanol–water partition coefficient (Wildman–Crippen LogP) is 0.944. The molecule has 0 fully saturated rings. The molecule has 0 aromatic carbocycles. The van der Waals surface area contributed by atoms with Crippen LogP contribution in [0.2, 0.25) is 0 Å². The highest BCUT2D eigenvalue weighted by atomic mass is 127. The number of aromatic amines is 1. The standard InChI is InChI=1S/C8H8IN3O2/c1-4-6(9)7-10-8(13)5(14-2)3-12(7)11-4/h3H,1-2H3,(H,10,13). The van der Waals surface area contributed by atoms with E-state index in [4.69, 9.17) is 4.74 Å². The van der Waals surface area contributed by atoms with Crippen LogP contribution in [0.25, 0.3) is 5.65 Å². The fraction of sp³-hybridized carbons (Fsp3) is 0.250. The van der Waals surface area contributed by atoms with Gasteiger partial charge < -0.3 is 9.72 Å². The number of ether oxygens (including phenoxy) is 1. The van der Waals surface area contributed by atoms with Crippen molar-refractivity contribution in [2.45, 2.75) is 6.92 Å². The van der Waals surface area contributed by atoms with Gasteiger partial charge in [-0.15, -0.1) is 0 Å². The van der Waals surface area contributed by atoms with E-state index in [0.717, 1.165) is 9.26 Å². The summed E-state index contributed by atoms with van der Waals surface area (Å²) in [4.78, 5) is 14.1. The Bertz CT molecular complexity index is 543. The molecule has 0 bridgehead atoms. The van der Waals surface area contributed by atoms with Crippen LogP contribution in [0.3, 0.4) is 0 Å². The van der Waals surface area contributed by atoms with E-state index in [1.54, 1.807) is 10.7 Å². The van der Waals surface area contributed by atoms with Gasteiger partial charge in [-0.05, 0) is 29.5 Å². The first-order valence-corrected chi connectivity index (χ1v) is 5.03. The molecule has 0 unspecified atom stereocenters. The lowest BCUT2D eigenvalue weighted by Gasteiger charge is -1.98. The van der Waals surface area contributed by atoms with Crippen molar-refractivity contribution in [3.05, 3.63) is 25.8 Å². The summed E-state index contributed by atoms with van der Waals surface area (Å²) in [6.45, 7) is 1.89. The number of methoxy groups -OCH3 is 1. The van der Waals surface area contributed by atoms with Crippen LogP contribution >= 0.6 is 22.6 Å². The molecule has 0 aliphatic rings. The summed E-state index contributed by atoms with van der Waals surface area (Å²) >= 11 is 2.14. The van der Waals surface area contributed by atoms with Gasteiger partial charge in [-0.25, -0.2) is 4.52 Å². The van der Waals surface area contributed by atoms with Crippen LogP contribution in [-0.4, -0.2) is 21.7 Å². The van der Waals surface area contributed by atoms with Gasteiger partial charge in [0.2, 0.25) is 5.75 Å². The Hall–Kier alpha value is -1.05. The molecular formula is C8H8IN3O2. The lowest BCUT2D eigenvalue weighted by atomic mass is 10.5. The fourth-order valence-electron chi connectivity index (χ4n) is 1.22. The van der Waals surface area contributed by atoms with E-state index in [0.29, 0.717) is 5.65 Å². The molecule has 14 heavy (non-hydrogen) atoms. The summed E-state index contributed by atoms with van der Waals surface area (Å²) in [7, 11) is 1.46. The largest absolute Gasteiger partial charge is 0.490 e. The number of halogens is 1. The minimum absolute atomic E-state index is 0.238. The maximum atomic E-state index is 11.4. The Kier molecular flexibility index (Phi) is 2.22. The van der Waals surface area contributed by atoms with Crippen molar-refractivity contribution in [2.75, 3.05) is 7.11 Å². The summed E-state index contributed by atoms with van der Waals surface area (Å²) in [6, 6.07) is 0. The third-order valence-corrected chi connectivity index (χ3v) is 3.22. The van der Waals surface area contributed by atoms with Gasteiger partial charge >= 0.3 is 0 Å². The van der Waals surface area contributed by atoms with Crippen molar-refractivity contribution >= 4 is 28.2 Å². The van der Waals surface area contributed by atoms with E-state index in [9.17, 15) is 4.79 Å². The summed E-state index contributed by atoms with van der Waals surface area (Å²) in [5.41, 5.74) is 1.35. The number of nitrogens with zero attached hydrogens (tertiary/aromatic N) is 2. The number of aryl methyl sites for hydroxylation is 1. The maximum absolute atomic E-state index is 11.4. The summed E-state index contributed by atoms with van der Waals surface area (Å²) in [5.74, 6) is 0.261. The van der Waals surface area contributed by atoms with Crippen LogP contribution in [0.4, 0.5) is 0 Å². The van der Waals surface area contributed by atoms with Crippen molar-refractivity contribution < 1.29 is 4.74 Å². The molecule has 0 saturated carbocycles. The highest BCUT2D eigenvalue weighted by Gasteiger charge is 2.09. The minimum atomic E-state index is -0.238. The molecule has 1 N–H and O–H groups in total. The average molecular weight is 305 g/mol. The van der Waals surface area contributed by atoms with Crippen LogP contribution < -0.4 is 10.3 Å². The second kappa shape index (κ2) is 3.26. The van der Waals surface area contributed by atoms with Crippen molar-refractivity contribution in [3.8, 4) is 5.75 Å². The quantitative estimate of drug-likeness (QED) is 0.798. The van der Waals surface area contributed by atoms with E-state index < -0.39 is 0 Å². The van der Waals surface area contributed by atoms with Crippen LogP contribution in [0.15, 0.2) is 11.0 Å². The zero-order valence-corrected chi connectivity index (χ0v) is 9.82. The highest BCUT2D eigenvalue weighted by molar-refractivity contribution is 14.1. The number of rotatable bonds is 1. The van der Waals surface area contributed by atoms with Gasteiger partial charge in [-0.3, -0.25) is 4.79 Å². The molecule has 0 spiro atoms. The van der Waals surface area contributed by atoms with Gasteiger partial charge in [-0.1, -0.05) is 0 Å². The molecule has 2 aromatic rings. The normalized spacial score (nSPS) is 10.8. The van der Waals surface area contributed by atoms with Gasteiger partial charge in [0, 0.05) is 0 Å². The van der Waals surface area contributed by atoms with Gasteiger partial charge in [0.1, 0.15) is 5.65 Å². The SMILES string of the molecule is COc1cn2nc(C)c(I)c2[nH]c1=O. The van der Waals surface area contributed by atoms with Crippen LogP contribution in [-0.2, 0) is 0 Å². The summed E-state index contributed by atoms with van der Waals surface area (Å²) in [5, 5.41) is 4.22. The molecule has 2 rings (SSSR count). The summed E-state index contributed by atoms with van der Waals surface area (Å²) in [6.07, 6.45) is 1.57. The molecule has 0 saturated heterocycles. The van der Waals surface area contributed by atoms with E-state index in [1.165, 1.54) is 7.11 Å². The Morgan fingerprint density at radius 3 is 3.00 bits per heavy atom. The maximum Gasteiger partial charge on any atom is 0.293 e. The topological polar surface area (TPSA) is 59.4 Å². The average Bonchev–Trinajstić information content (AvgIpc) is 2.43. The van der Waals surface area contributed by atoms with Crippen LogP contribution in [0, 0.1) is 10.5 Å². The summed E-state index contributed by atoms with van der Waals surface area (Å²) < 4.78 is 7.45. The van der Waals surface area contributed by atoms with E-state index in [-0.39, 0.29) is 11.3 Å². The molecule has 0 atom stereocenters. The number of nitrogens with one attached hydrogen (secondary N) is 1. The number of fused-ring (bicyclic) bond motifs is 1. The van der Waals surface area contributed by atoms with Gasteiger partial charge in [0.25, 0.3) is 5.56 Å². The monoisotopic (exact) mass is 305 g/mol. The Labute approximate surface area is 93.2 Å². The van der Waals surface area contributed by atoms with E-state index in [2.05, 4.69) is 32.7 Å². The predicted molar refractivity (Wildman–Crippen MR) is 59.8 cm³/mol. The zero-order chi connectivity index (χ0) is 10.3. The lowest BCUT2D eigenvalue weighted by molar-refractivity contribution is 0.405. The zero-order valence-electron chi connectivity index (χ0n) is 7.67. The second-order valence-corrected chi connectivity index (χ2v) is 3.92. The Morgan fingerprint density at radius 2 is 2.36 bits per heavy atom. The smallest absolute Gasteiger partial charge is 0.293 e. The molecule has 74 valence electrons. The van der Waals surface area contributed by atoms with Crippen molar-refractivity contribution in [2.24, 2.45) is 0 Å². The first-order valence-electron chi connectivity index (χ1n) is 3.95. The van der Waals surface area contributed by atoms with Gasteiger partial charge in [-0.2, -0.15) is 5.10 Å². The van der Waals surface area contributed by atoms with E-state index >= 15 is 0 Å². The Balaban J connectivity index is 2.86. The highest BCUT2D eigenvalue weighted by Crippen LogP contribution is 2.15. The minimum Gasteiger partial charge on any atom is -0.490 e. The third-order valence-electron chi connectivity index (χ3n) is 1.93. The first-order chi connectivity index (χ1) is 6.63. The molecule has 2 heterocycles. The number of aromatic nitrogens is 3. The first kappa shape index (κ1) is 9.50. The molecular weight excluding hydrogens is 297 g/mol. The van der Waals surface area contributed by atoms with Crippen molar-refractivity contribution in [1.29, 1.82) is 0 Å². The fourth-order valence-corrected chi connectivity index (χ4v) is 1.71. The lowest BCUT2D eigenvalue weighted by Crippen LogP contribution is -2.11. The molecule has 0 radical (unpaired) electrons. The van der Waals surface area contributed by atoms with E-state index in [1.807, 2.05) is 6.92 Å². The second-order valence-electron chi connectivity index (χ2n) is 2.84. The number of H-pyrrole nitrogens is 1. The molecule has 2 aromatic heterocycles. The van der Waals surface area contributed by atoms with Gasteiger partial charge in [0.05, 0.1) is 22.6 Å². The van der Waals surface area contributed by atoms with Crippen molar-refractivity contribution in [3.63, 3.8) is 0 Å². The van der Waals surface area contributed by atoms with Gasteiger partial charge in [0.15, 0.2) is 0 Å². The molecule has 6 heteroatoms. The van der Waals surface area contributed by atoms with Crippen LogP contribution in [0.5, 0.6) is 5.75 Å². The molecule has 0 amide bonds. The Morgan fingerprint density at radius 1 is 1.64 bits per heavy atom. The molecule has 0 aliphatic carbocycles. The number of hydrogen-bond acceptors (Lipinski definition) is 3. The van der Waals surface area contributed by atoms with Crippen LogP contribution in [0.1, 0.15) is 5.69 Å². The third kappa shape index (κ3) is 1.29. The molecule has 0 aliphatic heterocycles. The van der Waals surface area contributed by atoms with Crippen molar-refractivity contribution in [1.82, 2.24) is 14.6 Å². The number of hydrogen-bond donors (Lipinski definition) is 1.